The minimum Gasteiger partial charge on any atom is -0.395 e. The van der Waals surface area contributed by atoms with Gasteiger partial charge in [0.25, 0.3) is 0 Å². The highest BCUT2D eigenvalue weighted by Crippen LogP contribution is 2.12. The number of aliphatic hydroxyl groups is 1. The zero-order chi connectivity index (χ0) is 12.0. The molecule has 1 aromatic carbocycles. The molecule has 0 spiro atoms. The van der Waals surface area contributed by atoms with Crippen molar-refractivity contribution in [3.05, 3.63) is 34.9 Å². The number of benzene rings is 1. The lowest BCUT2D eigenvalue weighted by Gasteiger charge is -2.15. The highest BCUT2D eigenvalue weighted by Gasteiger charge is 2.07. The molecule has 0 atom stereocenters. The highest BCUT2D eigenvalue weighted by atomic mass is 35.5. The van der Waals surface area contributed by atoms with Crippen LogP contribution in [0.1, 0.15) is 12.0 Å². The van der Waals surface area contributed by atoms with Crippen LogP contribution >= 0.6 is 11.6 Å². The Balaban J connectivity index is 2.42. The van der Waals surface area contributed by atoms with E-state index in [4.69, 9.17) is 16.7 Å². The molecular formula is C12H16ClNO2. The highest BCUT2D eigenvalue weighted by molar-refractivity contribution is 6.30. The van der Waals surface area contributed by atoms with Gasteiger partial charge in [0, 0.05) is 25.0 Å². The van der Waals surface area contributed by atoms with E-state index in [1.807, 2.05) is 24.3 Å². The van der Waals surface area contributed by atoms with Gasteiger partial charge in [-0.2, -0.15) is 0 Å². The molecule has 1 N–H and O–H groups in total. The van der Waals surface area contributed by atoms with Crippen LogP contribution in [0.5, 0.6) is 0 Å². The molecule has 0 unspecified atom stereocenters. The average Bonchev–Trinajstić information content (AvgIpc) is 2.26. The van der Waals surface area contributed by atoms with E-state index in [0.29, 0.717) is 24.4 Å². The van der Waals surface area contributed by atoms with Crippen LogP contribution in [-0.4, -0.2) is 36.1 Å². The minimum atomic E-state index is -0.000590. The Bertz CT molecular complexity index is 355. The van der Waals surface area contributed by atoms with Gasteiger partial charge in [-0.15, -0.1) is 0 Å². The first-order valence-corrected chi connectivity index (χ1v) is 5.60. The number of likely N-dealkylation sites (N-methyl/N-ethyl adjacent to an activating group) is 1. The van der Waals surface area contributed by atoms with E-state index in [2.05, 4.69) is 0 Å². The maximum Gasteiger partial charge on any atom is 0.222 e. The molecule has 1 aromatic rings. The number of aryl methyl sites for hydroxylation is 1. The van der Waals surface area contributed by atoms with Gasteiger partial charge in [-0.05, 0) is 24.1 Å². The van der Waals surface area contributed by atoms with E-state index in [9.17, 15) is 4.79 Å². The average molecular weight is 242 g/mol. The molecule has 0 fully saturated rings. The van der Waals surface area contributed by atoms with E-state index in [1.54, 1.807) is 7.05 Å². The summed E-state index contributed by atoms with van der Waals surface area (Å²) in [5.74, 6) is 0.0361. The number of hydrogen-bond donors (Lipinski definition) is 1. The van der Waals surface area contributed by atoms with Crippen LogP contribution in [-0.2, 0) is 11.2 Å². The number of rotatable bonds is 5. The second kappa shape index (κ2) is 6.51. The van der Waals surface area contributed by atoms with Gasteiger partial charge in [-0.1, -0.05) is 23.7 Å². The normalized spacial score (nSPS) is 10.2. The maximum atomic E-state index is 11.6. The number of aliphatic hydroxyl groups excluding tert-OH is 1. The van der Waals surface area contributed by atoms with Gasteiger partial charge in [0.15, 0.2) is 0 Å². The Kier molecular flexibility index (Phi) is 5.29. The van der Waals surface area contributed by atoms with E-state index < -0.39 is 0 Å². The molecule has 0 radical (unpaired) electrons. The quantitative estimate of drug-likeness (QED) is 0.853. The summed E-state index contributed by atoms with van der Waals surface area (Å²) in [5, 5.41) is 9.38. The van der Waals surface area contributed by atoms with Gasteiger partial charge in [0.2, 0.25) is 5.91 Å². The summed E-state index contributed by atoms with van der Waals surface area (Å²) >= 11 is 5.84. The third-order valence-corrected chi connectivity index (χ3v) is 2.61. The van der Waals surface area contributed by atoms with Gasteiger partial charge in [0.1, 0.15) is 0 Å². The molecule has 16 heavy (non-hydrogen) atoms. The summed E-state index contributed by atoms with van der Waals surface area (Å²) in [4.78, 5) is 13.1. The fourth-order valence-electron chi connectivity index (χ4n) is 1.41. The molecule has 0 aliphatic heterocycles. The maximum absolute atomic E-state index is 11.6. The lowest BCUT2D eigenvalue weighted by molar-refractivity contribution is -0.130. The molecule has 0 aromatic heterocycles. The predicted molar refractivity (Wildman–Crippen MR) is 64.5 cm³/mol. The molecule has 0 bridgehead atoms. The zero-order valence-corrected chi connectivity index (χ0v) is 10.1. The topological polar surface area (TPSA) is 40.5 Å². The molecule has 88 valence electrons. The molecule has 0 aliphatic carbocycles. The number of carbonyl (C=O) groups is 1. The van der Waals surface area contributed by atoms with Gasteiger partial charge < -0.3 is 10.0 Å². The van der Waals surface area contributed by atoms with Crippen LogP contribution in [0.15, 0.2) is 24.3 Å². The second-order valence-corrected chi connectivity index (χ2v) is 4.11. The SMILES string of the molecule is CN(CCO)C(=O)CCc1cccc(Cl)c1. The number of hydrogen-bond acceptors (Lipinski definition) is 2. The van der Waals surface area contributed by atoms with E-state index >= 15 is 0 Å². The first-order valence-electron chi connectivity index (χ1n) is 5.22. The van der Waals surface area contributed by atoms with Crippen LogP contribution in [0.25, 0.3) is 0 Å². The Labute approximate surface area is 101 Å². The lowest BCUT2D eigenvalue weighted by Crippen LogP contribution is -2.29. The van der Waals surface area contributed by atoms with Crippen LogP contribution in [0.2, 0.25) is 5.02 Å². The fraction of sp³-hybridized carbons (Fsp3) is 0.417. The van der Waals surface area contributed by atoms with Crippen LogP contribution in [0.4, 0.5) is 0 Å². The van der Waals surface area contributed by atoms with Crippen molar-refractivity contribution in [3.63, 3.8) is 0 Å². The molecule has 0 saturated carbocycles. The van der Waals surface area contributed by atoms with Crippen molar-refractivity contribution < 1.29 is 9.90 Å². The standard InChI is InChI=1S/C12H16ClNO2/c1-14(7-8-15)12(16)6-5-10-3-2-4-11(13)9-10/h2-4,9,15H,5-8H2,1H3. The van der Waals surface area contributed by atoms with Crippen LogP contribution < -0.4 is 0 Å². The first-order chi connectivity index (χ1) is 7.63. The Hall–Kier alpha value is -1.06. The van der Waals surface area contributed by atoms with Gasteiger partial charge >= 0.3 is 0 Å². The molecule has 4 heteroatoms. The number of halogens is 1. The van der Waals surface area contributed by atoms with E-state index in [1.165, 1.54) is 4.90 Å². The minimum absolute atomic E-state index is 0.000590. The molecule has 1 rings (SSSR count). The van der Waals surface area contributed by atoms with Crippen molar-refractivity contribution >= 4 is 17.5 Å². The smallest absolute Gasteiger partial charge is 0.222 e. The molecule has 3 nitrogen and oxygen atoms in total. The monoisotopic (exact) mass is 241 g/mol. The van der Waals surface area contributed by atoms with Crippen molar-refractivity contribution in [1.82, 2.24) is 4.90 Å². The fourth-order valence-corrected chi connectivity index (χ4v) is 1.62. The van der Waals surface area contributed by atoms with Gasteiger partial charge in [-0.25, -0.2) is 0 Å². The van der Waals surface area contributed by atoms with Gasteiger partial charge in [0.05, 0.1) is 6.61 Å². The summed E-state index contributed by atoms with van der Waals surface area (Å²) in [6.45, 7) is 0.383. The molecule has 1 amide bonds. The number of nitrogens with zero attached hydrogens (tertiary/aromatic N) is 1. The van der Waals surface area contributed by atoms with Crippen molar-refractivity contribution in [2.75, 3.05) is 20.2 Å². The van der Waals surface area contributed by atoms with Gasteiger partial charge in [-0.3, -0.25) is 4.79 Å². The summed E-state index contributed by atoms with van der Waals surface area (Å²) in [6.07, 6.45) is 1.12. The predicted octanol–water partition coefficient (Wildman–Crippen LogP) is 1.72. The third-order valence-electron chi connectivity index (χ3n) is 2.38. The van der Waals surface area contributed by atoms with Crippen LogP contribution in [0, 0.1) is 0 Å². The Morgan fingerprint density at radius 3 is 2.88 bits per heavy atom. The largest absolute Gasteiger partial charge is 0.395 e. The summed E-state index contributed by atoms with van der Waals surface area (Å²) in [7, 11) is 1.69. The van der Waals surface area contributed by atoms with E-state index in [-0.39, 0.29) is 12.5 Å². The Morgan fingerprint density at radius 1 is 1.50 bits per heavy atom. The summed E-state index contributed by atoms with van der Waals surface area (Å²) < 4.78 is 0. The second-order valence-electron chi connectivity index (χ2n) is 3.67. The van der Waals surface area contributed by atoms with Crippen molar-refractivity contribution in [3.8, 4) is 0 Å². The molecule has 0 aliphatic rings. The third kappa shape index (κ3) is 4.21. The summed E-state index contributed by atoms with van der Waals surface area (Å²) in [5.41, 5.74) is 1.05. The van der Waals surface area contributed by atoms with E-state index in [0.717, 1.165) is 5.56 Å². The zero-order valence-electron chi connectivity index (χ0n) is 9.32. The van der Waals surface area contributed by atoms with Crippen LogP contribution in [0.3, 0.4) is 0 Å². The summed E-state index contributed by atoms with van der Waals surface area (Å²) in [6, 6.07) is 7.50. The molecule has 0 heterocycles. The van der Waals surface area contributed by atoms with Crippen molar-refractivity contribution in [2.45, 2.75) is 12.8 Å². The van der Waals surface area contributed by atoms with Crippen molar-refractivity contribution in [1.29, 1.82) is 0 Å². The number of carbonyl (C=O) groups excluding carboxylic acids is 1. The lowest BCUT2D eigenvalue weighted by atomic mass is 10.1. The molecular weight excluding hydrogens is 226 g/mol. The Morgan fingerprint density at radius 2 is 2.25 bits per heavy atom. The molecule has 0 saturated heterocycles. The first kappa shape index (κ1) is 13.0. The number of amides is 1. The van der Waals surface area contributed by atoms with Crippen molar-refractivity contribution in [2.24, 2.45) is 0 Å².